The average molecular weight is 356 g/mol. The van der Waals surface area contributed by atoms with Crippen molar-refractivity contribution in [2.45, 2.75) is 51.7 Å². The number of benzene rings is 2. The molecule has 0 saturated heterocycles. The van der Waals surface area contributed by atoms with E-state index >= 15 is 0 Å². The fourth-order valence-corrected chi connectivity index (χ4v) is 3.95. The second-order valence-corrected chi connectivity index (χ2v) is 7.62. The van der Waals surface area contributed by atoms with Gasteiger partial charge in [0.15, 0.2) is 0 Å². The van der Waals surface area contributed by atoms with Gasteiger partial charge < -0.3 is 19.7 Å². The fraction of sp³-hybridized carbons (Fsp3) is 0.455. The molecular weight excluding hydrogens is 328 g/mol. The van der Waals surface area contributed by atoms with Crippen LogP contribution in [0.25, 0.3) is 0 Å². The molecule has 1 aliphatic carbocycles. The lowest BCUT2D eigenvalue weighted by atomic mass is 9.78. The lowest BCUT2D eigenvalue weighted by molar-refractivity contribution is 0.0985. The zero-order valence-corrected chi connectivity index (χ0v) is 16.3. The minimum absolute atomic E-state index is 0.200. The summed E-state index contributed by atoms with van der Waals surface area (Å²) in [7, 11) is 3.33. The molecule has 2 N–H and O–H groups in total. The van der Waals surface area contributed by atoms with E-state index in [4.69, 9.17) is 9.47 Å². The number of phenols is 2. The average Bonchev–Trinajstić information content (AvgIpc) is 2.58. The van der Waals surface area contributed by atoms with Crippen LogP contribution in [0, 0.1) is 0 Å². The number of ether oxygens (including phenoxy) is 2. The van der Waals surface area contributed by atoms with Crippen molar-refractivity contribution < 1.29 is 19.7 Å². The molecule has 0 amide bonds. The van der Waals surface area contributed by atoms with Crippen LogP contribution in [0.3, 0.4) is 0 Å². The molecule has 2 aromatic rings. The lowest BCUT2D eigenvalue weighted by Crippen LogP contribution is -2.21. The Hall–Kier alpha value is -2.04. The highest BCUT2D eigenvalue weighted by Gasteiger charge is 2.35. The first-order chi connectivity index (χ1) is 12.3. The molecule has 0 aliphatic heterocycles. The van der Waals surface area contributed by atoms with Crippen LogP contribution >= 0.6 is 0 Å². The Labute approximate surface area is 155 Å². The second kappa shape index (κ2) is 6.93. The maximum absolute atomic E-state index is 10.5. The van der Waals surface area contributed by atoms with Gasteiger partial charge in [-0.1, -0.05) is 27.7 Å². The van der Waals surface area contributed by atoms with Crippen molar-refractivity contribution in [1.29, 1.82) is 0 Å². The summed E-state index contributed by atoms with van der Waals surface area (Å²) < 4.78 is 11.6. The van der Waals surface area contributed by atoms with Gasteiger partial charge in [0.1, 0.15) is 23.7 Å². The summed E-state index contributed by atoms with van der Waals surface area (Å²) in [5.74, 6) is 0.932. The monoisotopic (exact) mass is 356 g/mol. The van der Waals surface area contributed by atoms with Crippen LogP contribution in [-0.2, 0) is 9.47 Å². The van der Waals surface area contributed by atoms with E-state index in [1.165, 1.54) is 0 Å². The van der Waals surface area contributed by atoms with Gasteiger partial charge in [0, 0.05) is 14.2 Å². The summed E-state index contributed by atoms with van der Waals surface area (Å²) in [5.41, 5.74) is 5.57. The van der Waals surface area contributed by atoms with Gasteiger partial charge in [-0.25, -0.2) is 0 Å². The summed E-state index contributed by atoms with van der Waals surface area (Å²) in [4.78, 5) is 0. The third kappa shape index (κ3) is 2.87. The van der Waals surface area contributed by atoms with Crippen molar-refractivity contribution in [2.75, 3.05) is 14.2 Å². The van der Waals surface area contributed by atoms with E-state index in [1.54, 1.807) is 26.4 Å². The number of hydrogen-bond donors (Lipinski definition) is 2. The van der Waals surface area contributed by atoms with Gasteiger partial charge in [0.2, 0.25) is 0 Å². The van der Waals surface area contributed by atoms with Crippen molar-refractivity contribution >= 4 is 0 Å². The van der Waals surface area contributed by atoms with E-state index in [-0.39, 0.29) is 35.5 Å². The molecule has 0 aromatic heterocycles. The third-order valence-electron chi connectivity index (χ3n) is 5.31. The summed E-state index contributed by atoms with van der Waals surface area (Å²) in [5, 5.41) is 21.0. The van der Waals surface area contributed by atoms with Gasteiger partial charge >= 0.3 is 0 Å². The summed E-state index contributed by atoms with van der Waals surface area (Å²) in [6.45, 7) is 8.23. The molecule has 0 saturated carbocycles. The zero-order chi connectivity index (χ0) is 19.2. The smallest absolute Gasteiger partial charge is 0.119 e. The standard InChI is InChI=1S/C22H28O4/c1-11(2)13-7-15-17(9-19(13)23)22(26-6)18-10-20(24)14(12(3)4)8-16(18)21(15)25-5/h7-12,21-24H,1-6H3. The number of phenolic OH excluding ortho intramolecular Hbond substituents is 2. The Morgan fingerprint density at radius 1 is 0.654 bits per heavy atom. The minimum atomic E-state index is -0.356. The number of hydrogen-bond acceptors (Lipinski definition) is 4. The Morgan fingerprint density at radius 2 is 0.962 bits per heavy atom. The summed E-state index contributed by atoms with van der Waals surface area (Å²) in [6, 6.07) is 7.61. The van der Waals surface area contributed by atoms with Gasteiger partial charge in [-0.05, 0) is 69.5 Å². The molecule has 140 valence electrons. The van der Waals surface area contributed by atoms with Crippen LogP contribution in [0.4, 0.5) is 0 Å². The third-order valence-corrected chi connectivity index (χ3v) is 5.31. The van der Waals surface area contributed by atoms with Crippen molar-refractivity contribution in [3.63, 3.8) is 0 Å². The molecule has 0 unspecified atom stereocenters. The van der Waals surface area contributed by atoms with E-state index in [9.17, 15) is 10.2 Å². The molecule has 0 heterocycles. The highest BCUT2D eigenvalue weighted by molar-refractivity contribution is 5.58. The molecule has 1 aliphatic rings. The molecule has 4 nitrogen and oxygen atoms in total. The van der Waals surface area contributed by atoms with E-state index in [0.29, 0.717) is 0 Å². The van der Waals surface area contributed by atoms with Gasteiger partial charge in [-0.15, -0.1) is 0 Å². The normalized spacial score (nSPS) is 18.9. The van der Waals surface area contributed by atoms with Crippen LogP contribution in [-0.4, -0.2) is 24.4 Å². The second-order valence-electron chi connectivity index (χ2n) is 7.62. The van der Waals surface area contributed by atoms with Gasteiger partial charge in [0.25, 0.3) is 0 Å². The molecular formula is C22H28O4. The van der Waals surface area contributed by atoms with Gasteiger partial charge in [-0.3, -0.25) is 0 Å². The van der Waals surface area contributed by atoms with Crippen LogP contribution in [0.1, 0.15) is 85.1 Å². The molecule has 2 aromatic carbocycles. The number of fused-ring (bicyclic) bond motifs is 2. The van der Waals surface area contributed by atoms with Crippen LogP contribution in [0.2, 0.25) is 0 Å². The largest absolute Gasteiger partial charge is 0.508 e. The molecule has 26 heavy (non-hydrogen) atoms. The summed E-state index contributed by atoms with van der Waals surface area (Å²) in [6.07, 6.45) is -0.617. The predicted molar refractivity (Wildman–Crippen MR) is 102 cm³/mol. The van der Waals surface area contributed by atoms with E-state index < -0.39 is 0 Å². The first-order valence-electron chi connectivity index (χ1n) is 9.09. The molecule has 0 spiro atoms. The molecule has 0 radical (unpaired) electrons. The van der Waals surface area contributed by atoms with E-state index in [0.717, 1.165) is 33.4 Å². The maximum atomic E-state index is 10.5. The highest BCUT2D eigenvalue weighted by atomic mass is 16.5. The lowest BCUT2D eigenvalue weighted by Gasteiger charge is -2.34. The molecule has 0 fully saturated rings. The Balaban J connectivity index is 2.29. The van der Waals surface area contributed by atoms with Gasteiger partial charge in [-0.2, -0.15) is 0 Å². The first-order valence-corrected chi connectivity index (χ1v) is 9.09. The predicted octanol–water partition coefficient (Wildman–Crippen LogP) is 5.13. The maximum Gasteiger partial charge on any atom is 0.119 e. The molecule has 3 rings (SSSR count). The van der Waals surface area contributed by atoms with E-state index in [2.05, 4.69) is 27.7 Å². The van der Waals surface area contributed by atoms with Crippen LogP contribution in [0.15, 0.2) is 24.3 Å². The topological polar surface area (TPSA) is 58.9 Å². The Kier molecular flexibility index (Phi) is 5.00. The van der Waals surface area contributed by atoms with Crippen LogP contribution in [0.5, 0.6) is 11.5 Å². The molecule has 0 bridgehead atoms. The number of rotatable bonds is 4. The van der Waals surface area contributed by atoms with Gasteiger partial charge in [0.05, 0.1) is 0 Å². The van der Waals surface area contributed by atoms with Crippen molar-refractivity contribution in [2.24, 2.45) is 0 Å². The number of methoxy groups -OCH3 is 2. The van der Waals surface area contributed by atoms with Crippen molar-refractivity contribution in [1.82, 2.24) is 0 Å². The minimum Gasteiger partial charge on any atom is -0.508 e. The van der Waals surface area contributed by atoms with E-state index in [1.807, 2.05) is 12.1 Å². The Morgan fingerprint density at radius 3 is 1.23 bits per heavy atom. The van der Waals surface area contributed by atoms with Crippen LogP contribution < -0.4 is 0 Å². The molecule has 0 atom stereocenters. The fourth-order valence-electron chi connectivity index (χ4n) is 3.95. The Bertz CT molecular complexity index is 758. The van der Waals surface area contributed by atoms with Crippen molar-refractivity contribution in [3.8, 4) is 11.5 Å². The van der Waals surface area contributed by atoms with Crippen molar-refractivity contribution in [3.05, 3.63) is 57.6 Å². The highest BCUT2D eigenvalue weighted by Crippen LogP contribution is 2.48. The first kappa shape index (κ1) is 18.7. The molecule has 4 heteroatoms. The summed E-state index contributed by atoms with van der Waals surface area (Å²) >= 11 is 0. The number of aromatic hydroxyl groups is 2. The zero-order valence-electron chi connectivity index (χ0n) is 16.3. The quantitative estimate of drug-likeness (QED) is 0.797. The SMILES string of the molecule is COC1c2cc(O)c(C(C)C)cc2C(OC)c2cc(C(C)C)c(O)cc21.